The van der Waals surface area contributed by atoms with E-state index in [1.807, 2.05) is 48.7 Å². The highest BCUT2D eigenvalue weighted by Gasteiger charge is 2.12. The second kappa shape index (κ2) is 6.36. The largest absolute Gasteiger partial charge is 0.361 e. The number of hydrogen-bond acceptors (Lipinski definition) is 1. The van der Waals surface area contributed by atoms with Crippen LogP contribution in [0.1, 0.15) is 31.9 Å². The van der Waals surface area contributed by atoms with Gasteiger partial charge in [0.05, 0.1) is 0 Å². The molecule has 24 heavy (non-hydrogen) atoms. The van der Waals surface area contributed by atoms with E-state index in [1.165, 1.54) is 5.56 Å². The summed E-state index contributed by atoms with van der Waals surface area (Å²) in [6.07, 6.45) is 5.30. The molecule has 0 unspecified atom stereocenters. The summed E-state index contributed by atoms with van der Waals surface area (Å²) < 4.78 is 0. The molecule has 1 heterocycles. The Labute approximate surface area is 142 Å². The van der Waals surface area contributed by atoms with Crippen LogP contribution in [0.25, 0.3) is 17.0 Å². The molecule has 1 aromatic heterocycles. The van der Waals surface area contributed by atoms with Crippen molar-refractivity contribution in [3.8, 4) is 0 Å². The Morgan fingerprint density at radius 1 is 1.04 bits per heavy atom. The SMILES string of the molecule is CC(C)(C)c1ccc(NC(=O)/C=C/c2c[nH]c3ccccc23)cc1. The van der Waals surface area contributed by atoms with E-state index in [1.54, 1.807) is 6.08 Å². The quantitative estimate of drug-likeness (QED) is 0.647. The topological polar surface area (TPSA) is 44.9 Å². The summed E-state index contributed by atoms with van der Waals surface area (Å²) in [5.41, 5.74) is 4.23. The summed E-state index contributed by atoms with van der Waals surface area (Å²) in [4.78, 5) is 15.3. The number of anilines is 1. The molecular formula is C21H22N2O. The lowest BCUT2D eigenvalue weighted by Gasteiger charge is -2.19. The van der Waals surface area contributed by atoms with Gasteiger partial charge in [-0.1, -0.05) is 51.1 Å². The minimum Gasteiger partial charge on any atom is -0.361 e. The molecular weight excluding hydrogens is 296 g/mol. The van der Waals surface area contributed by atoms with Crippen molar-refractivity contribution in [2.45, 2.75) is 26.2 Å². The van der Waals surface area contributed by atoms with Gasteiger partial charge in [0.2, 0.25) is 5.91 Å². The average Bonchev–Trinajstić information content (AvgIpc) is 2.96. The maximum Gasteiger partial charge on any atom is 0.248 e. The number of amides is 1. The number of H-pyrrole nitrogens is 1. The first-order valence-electron chi connectivity index (χ1n) is 8.09. The smallest absolute Gasteiger partial charge is 0.248 e. The van der Waals surface area contributed by atoms with Crippen molar-refractivity contribution < 1.29 is 4.79 Å². The van der Waals surface area contributed by atoms with Gasteiger partial charge in [0.1, 0.15) is 0 Å². The van der Waals surface area contributed by atoms with E-state index < -0.39 is 0 Å². The fourth-order valence-corrected chi connectivity index (χ4v) is 2.63. The first-order chi connectivity index (χ1) is 11.4. The van der Waals surface area contributed by atoms with Crippen LogP contribution in [0.3, 0.4) is 0 Å². The third-order valence-electron chi connectivity index (χ3n) is 4.05. The Bertz CT molecular complexity index is 880. The number of aromatic nitrogens is 1. The van der Waals surface area contributed by atoms with Gasteiger partial charge in [-0.3, -0.25) is 4.79 Å². The molecule has 1 amide bonds. The molecule has 122 valence electrons. The molecule has 0 saturated carbocycles. The van der Waals surface area contributed by atoms with Crippen molar-refractivity contribution in [1.29, 1.82) is 0 Å². The van der Waals surface area contributed by atoms with Crippen LogP contribution in [0.4, 0.5) is 5.69 Å². The number of aromatic amines is 1. The highest BCUT2D eigenvalue weighted by atomic mass is 16.1. The monoisotopic (exact) mass is 318 g/mol. The second-order valence-electron chi connectivity index (χ2n) is 6.94. The second-order valence-corrected chi connectivity index (χ2v) is 6.94. The number of fused-ring (bicyclic) bond motifs is 1. The maximum absolute atomic E-state index is 12.1. The number of carbonyl (C=O) groups excluding carboxylic acids is 1. The van der Waals surface area contributed by atoms with Gasteiger partial charge in [-0.05, 0) is 40.8 Å². The molecule has 0 aliphatic rings. The summed E-state index contributed by atoms with van der Waals surface area (Å²) in [5.74, 6) is -0.135. The van der Waals surface area contributed by atoms with Crippen LogP contribution in [-0.2, 0) is 10.2 Å². The summed E-state index contributed by atoms with van der Waals surface area (Å²) in [7, 11) is 0. The van der Waals surface area contributed by atoms with Crippen LogP contribution < -0.4 is 5.32 Å². The van der Waals surface area contributed by atoms with Crippen molar-refractivity contribution >= 4 is 28.6 Å². The third-order valence-corrected chi connectivity index (χ3v) is 4.05. The van der Waals surface area contributed by atoms with Crippen LogP contribution >= 0.6 is 0 Å². The molecule has 0 atom stereocenters. The van der Waals surface area contributed by atoms with Crippen LogP contribution in [-0.4, -0.2) is 10.9 Å². The molecule has 3 heteroatoms. The van der Waals surface area contributed by atoms with Gasteiger partial charge in [-0.2, -0.15) is 0 Å². The zero-order chi connectivity index (χ0) is 17.2. The molecule has 0 aliphatic carbocycles. The number of nitrogens with one attached hydrogen (secondary N) is 2. The summed E-state index contributed by atoms with van der Waals surface area (Å²) >= 11 is 0. The van der Waals surface area contributed by atoms with Crippen LogP contribution in [0.2, 0.25) is 0 Å². The van der Waals surface area contributed by atoms with Crippen molar-refractivity contribution in [2.24, 2.45) is 0 Å². The van der Waals surface area contributed by atoms with Crippen molar-refractivity contribution in [3.05, 3.63) is 71.9 Å². The van der Waals surface area contributed by atoms with E-state index in [0.29, 0.717) is 0 Å². The van der Waals surface area contributed by atoms with Gasteiger partial charge < -0.3 is 10.3 Å². The van der Waals surface area contributed by atoms with E-state index in [0.717, 1.165) is 22.2 Å². The standard InChI is InChI=1S/C21H22N2O/c1-21(2,3)16-9-11-17(12-10-16)23-20(24)13-8-15-14-22-19-7-5-4-6-18(15)19/h4-14,22H,1-3H3,(H,23,24)/b13-8+. The molecule has 0 fully saturated rings. The molecule has 3 rings (SSSR count). The molecule has 0 spiro atoms. The van der Waals surface area contributed by atoms with Crippen LogP contribution in [0.15, 0.2) is 60.8 Å². The normalized spacial score (nSPS) is 12.0. The van der Waals surface area contributed by atoms with Crippen LogP contribution in [0.5, 0.6) is 0 Å². The lowest BCUT2D eigenvalue weighted by molar-refractivity contribution is -0.111. The van der Waals surface area contributed by atoms with E-state index in [9.17, 15) is 4.79 Å². The van der Waals surface area contributed by atoms with Gasteiger partial charge >= 0.3 is 0 Å². The van der Waals surface area contributed by atoms with E-state index in [2.05, 4.69) is 43.2 Å². The van der Waals surface area contributed by atoms with E-state index in [-0.39, 0.29) is 11.3 Å². The Morgan fingerprint density at radius 2 is 1.75 bits per heavy atom. The lowest BCUT2D eigenvalue weighted by atomic mass is 9.87. The highest BCUT2D eigenvalue weighted by molar-refractivity contribution is 6.03. The number of para-hydroxylation sites is 1. The van der Waals surface area contributed by atoms with Crippen molar-refractivity contribution in [2.75, 3.05) is 5.32 Å². The molecule has 0 saturated heterocycles. The van der Waals surface area contributed by atoms with Crippen molar-refractivity contribution in [1.82, 2.24) is 4.98 Å². The predicted molar refractivity (Wildman–Crippen MR) is 101 cm³/mol. The maximum atomic E-state index is 12.1. The van der Waals surface area contributed by atoms with E-state index >= 15 is 0 Å². The Balaban J connectivity index is 1.69. The first-order valence-corrected chi connectivity index (χ1v) is 8.09. The summed E-state index contributed by atoms with van der Waals surface area (Å²) in [6, 6.07) is 16.0. The fraction of sp³-hybridized carbons (Fsp3) is 0.190. The van der Waals surface area contributed by atoms with Gasteiger partial charge in [0.15, 0.2) is 0 Å². The zero-order valence-electron chi connectivity index (χ0n) is 14.3. The predicted octanol–water partition coefficient (Wildman–Crippen LogP) is 5.12. The molecule has 3 nitrogen and oxygen atoms in total. The van der Waals surface area contributed by atoms with Gasteiger partial charge in [0.25, 0.3) is 0 Å². The summed E-state index contributed by atoms with van der Waals surface area (Å²) in [6.45, 7) is 6.51. The molecule has 0 aliphatic heterocycles. The van der Waals surface area contributed by atoms with Gasteiger partial charge in [-0.25, -0.2) is 0 Å². The van der Waals surface area contributed by atoms with Gasteiger partial charge in [0, 0.05) is 28.9 Å². The first kappa shape index (κ1) is 16.1. The summed E-state index contributed by atoms with van der Waals surface area (Å²) in [5, 5.41) is 4.00. The van der Waals surface area contributed by atoms with E-state index in [4.69, 9.17) is 0 Å². The highest BCUT2D eigenvalue weighted by Crippen LogP contribution is 2.23. The van der Waals surface area contributed by atoms with Crippen LogP contribution in [0, 0.1) is 0 Å². The molecule has 2 aromatic carbocycles. The number of benzene rings is 2. The number of rotatable bonds is 3. The molecule has 3 aromatic rings. The minimum atomic E-state index is -0.135. The number of hydrogen-bond donors (Lipinski definition) is 2. The molecule has 0 radical (unpaired) electrons. The zero-order valence-corrected chi connectivity index (χ0v) is 14.3. The fourth-order valence-electron chi connectivity index (χ4n) is 2.63. The number of carbonyl (C=O) groups is 1. The molecule has 2 N–H and O–H groups in total. The Morgan fingerprint density at radius 3 is 2.46 bits per heavy atom. The lowest BCUT2D eigenvalue weighted by Crippen LogP contribution is -2.12. The molecule has 0 bridgehead atoms. The average molecular weight is 318 g/mol. The minimum absolute atomic E-state index is 0.109. The Hall–Kier alpha value is -2.81. The van der Waals surface area contributed by atoms with Gasteiger partial charge in [-0.15, -0.1) is 0 Å². The third kappa shape index (κ3) is 3.57. The van der Waals surface area contributed by atoms with Crippen molar-refractivity contribution in [3.63, 3.8) is 0 Å². The Kier molecular flexibility index (Phi) is 4.26.